The van der Waals surface area contributed by atoms with E-state index in [0.29, 0.717) is 22.7 Å². The number of nitrogens with one attached hydrogen (secondary N) is 2. The standard InChI is InChI=1S/C18H24N4OS/c1-4-24-15-7-5-6-14(15)21-16-9-8-13(10-19-16)17-20-12(3)11(2)18(23)22-17/h8-10,14-15H,4-7H2,1-3H3,(H,19,21)(H,20,22,23). The molecule has 2 atom stereocenters. The van der Waals surface area contributed by atoms with Crippen molar-refractivity contribution in [2.45, 2.75) is 51.3 Å². The molecule has 2 N–H and O–H groups in total. The summed E-state index contributed by atoms with van der Waals surface area (Å²) in [5, 5.41) is 4.24. The van der Waals surface area contributed by atoms with Crippen molar-refractivity contribution in [3.63, 3.8) is 0 Å². The maximum Gasteiger partial charge on any atom is 0.254 e. The van der Waals surface area contributed by atoms with Crippen molar-refractivity contribution < 1.29 is 0 Å². The van der Waals surface area contributed by atoms with Crippen LogP contribution in [0.4, 0.5) is 5.82 Å². The molecule has 5 nitrogen and oxygen atoms in total. The molecule has 1 aliphatic rings. The number of nitrogens with zero attached hydrogens (tertiary/aromatic N) is 2. The molecule has 2 aromatic rings. The summed E-state index contributed by atoms with van der Waals surface area (Å²) in [4.78, 5) is 23.7. The van der Waals surface area contributed by atoms with Gasteiger partial charge in [-0.25, -0.2) is 9.97 Å². The highest BCUT2D eigenvalue weighted by atomic mass is 32.2. The molecule has 0 amide bonds. The van der Waals surface area contributed by atoms with E-state index in [1.807, 2.05) is 30.8 Å². The zero-order valence-electron chi connectivity index (χ0n) is 14.4. The number of hydrogen-bond acceptors (Lipinski definition) is 5. The smallest absolute Gasteiger partial charge is 0.254 e. The Labute approximate surface area is 146 Å². The lowest BCUT2D eigenvalue weighted by Crippen LogP contribution is -2.26. The van der Waals surface area contributed by atoms with Crippen LogP contribution in [0.2, 0.25) is 0 Å². The molecule has 0 radical (unpaired) electrons. The van der Waals surface area contributed by atoms with Gasteiger partial charge in [0.25, 0.3) is 5.56 Å². The average Bonchev–Trinajstić information content (AvgIpc) is 3.00. The van der Waals surface area contributed by atoms with Gasteiger partial charge in [-0.2, -0.15) is 11.8 Å². The number of hydrogen-bond donors (Lipinski definition) is 2. The van der Waals surface area contributed by atoms with Crippen LogP contribution in [0.3, 0.4) is 0 Å². The van der Waals surface area contributed by atoms with Crippen molar-refractivity contribution in [3.05, 3.63) is 39.9 Å². The first-order valence-electron chi connectivity index (χ1n) is 8.50. The fraction of sp³-hybridized carbons (Fsp3) is 0.500. The van der Waals surface area contributed by atoms with Gasteiger partial charge in [0.1, 0.15) is 11.6 Å². The van der Waals surface area contributed by atoms with Crippen LogP contribution in [-0.4, -0.2) is 32.0 Å². The van der Waals surface area contributed by atoms with Crippen LogP contribution in [0.5, 0.6) is 0 Å². The first-order chi connectivity index (χ1) is 11.6. The number of rotatable bonds is 5. The van der Waals surface area contributed by atoms with Crippen molar-refractivity contribution in [1.82, 2.24) is 15.0 Å². The van der Waals surface area contributed by atoms with Crippen LogP contribution in [0, 0.1) is 13.8 Å². The normalized spacial score (nSPS) is 20.3. The minimum atomic E-state index is -0.0925. The second-order valence-electron chi connectivity index (χ2n) is 6.23. The Hall–Kier alpha value is -1.82. The van der Waals surface area contributed by atoms with E-state index >= 15 is 0 Å². The molecule has 1 saturated carbocycles. The number of anilines is 1. The van der Waals surface area contributed by atoms with Gasteiger partial charge in [0.15, 0.2) is 0 Å². The average molecular weight is 344 g/mol. The minimum absolute atomic E-state index is 0.0925. The number of H-pyrrole nitrogens is 1. The molecular formula is C18H24N4OS. The van der Waals surface area contributed by atoms with Crippen molar-refractivity contribution in [2.75, 3.05) is 11.1 Å². The fourth-order valence-electron chi connectivity index (χ4n) is 3.10. The Bertz CT molecular complexity index is 757. The monoisotopic (exact) mass is 344 g/mol. The Kier molecular flexibility index (Phi) is 5.23. The number of aromatic nitrogens is 3. The second kappa shape index (κ2) is 7.38. The summed E-state index contributed by atoms with van der Waals surface area (Å²) in [6.45, 7) is 5.84. The van der Waals surface area contributed by atoms with E-state index in [2.05, 4.69) is 27.2 Å². The Morgan fingerprint density at radius 3 is 2.83 bits per heavy atom. The maximum absolute atomic E-state index is 11.9. The number of aromatic amines is 1. The van der Waals surface area contributed by atoms with E-state index < -0.39 is 0 Å². The van der Waals surface area contributed by atoms with Crippen LogP contribution in [0.1, 0.15) is 37.4 Å². The van der Waals surface area contributed by atoms with Crippen molar-refractivity contribution in [2.24, 2.45) is 0 Å². The molecule has 0 aliphatic heterocycles. The molecule has 24 heavy (non-hydrogen) atoms. The van der Waals surface area contributed by atoms with E-state index in [9.17, 15) is 4.79 Å². The summed E-state index contributed by atoms with van der Waals surface area (Å²) in [5.74, 6) is 2.61. The Balaban J connectivity index is 1.75. The number of pyridine rings is 1. The first kappa shape index (κ1) is 17.0. The molecule has 0 aromatic carbocycles. The summed E-state index contributed by atoms with van der Waals surface area (Å²) in [6, 6.07) is 4.42. The van der Waals surface area contributed by atoms with Crippen LogP contribution < -0.4 is 10.9 Å². The molecule has 0 bridgehead atoms. The molecule has 0 spiro atoms. The molecular weight excluding hydrogens is 320 g/mol. The molecule has 1 fully saturated rings. The van der Waals surface area contributed by atoms with Crippen LogP contribution >= 0.6 is 11.8 Å². The molecule has 2 unspecified atom stereocenters. The third-order valence-electron chi connectivity index (χ3n) is 4.60. The molecule has 128 valence electrons. The van der Waals surface area contributed by atoms with Gasteiger partial charge in [-0.1, -0.05) is 13.3 Å². The highest BCUT2D eigenvalue weighted by molar-refractivity contribution is 7.99. The quantitative estimate of drug-likeness (QED) is 0.868. The predicted molar refractivity (Wildman–Crippen MR) is 101 cm³/mol. The molecule has 2 aromatic heterocycles. The topological polar surface area (TPSA) is 70.7 Å². The maximum atomic E-state index is 11.9. The summed E-state index contributed by atoms with van der Waals surface area (Å²) < 4.78 is 0. The Morgan fingerprint density at radius 1 is 1.33 bits per heavy atom. The van der Waals surface area contributed by atoms with Crippen molar-refractivity contribution in [3.8, 4) is 11.4 Å². The summed E-state index contributed by atoms with van der Waals surface area (Å²) >= 11 is 2.03. The Morgan fingerprint density at radius 2 is 2.17 bits per heavy atom. The van der Waals surface area contributed by atoms with E-state index in [1.165, 1.54) is 19.3 Å². The van der Waals surface area contributed by atoms with Gasteiger partial charge in [0, 0.05) is 34.3 Å². The summed E-state index contributed by atoms with van der Waals surface area (Å²) in [5.41, 5.74) is 2.14. The molecule has 1 aliphatic carbocycles. The van der Waals surface area contributed by atoms with E-state index in [4.69, 9.17) is 0 Å². The zero-order valence-corrected chi connectivity index (χ0v) is 15.2. The lowest BCUT2D eigenvalue weighted by Gasteiger charge is -2.20. The van der Waals surface area contributed by atoms with Gasteiger partial charge in [0.05, 0.1) is 0 Å². The van der Waals surface area contributed by atoms with Crippen LogP contribution in [0.25, 0.3) is 11.4 Å². The third-order valence-corrected chi connectivity index (χ3v) is 5.92. The van der Waals surface area contributed by atoms with Crippen molar-refractivity contribution in [1.29, 1.82) is 0 Å². The zero-order chi connectivity index (χ0) is 17.1. The van der Waals surface area contributed by atoms with Gasteiger partial charge in [0.2, 0.25) is 0 Å². The van der Waals surface area contributed by atoms with Crippen LogP contribution in [0.15, 0.2) is 23.1 Å². The lowest BCUT2D eigenvalue weighted by molar-refractivity contribution is 0.762. The molecule has 3 rings (SSSR count). The predicted octanol–water partition coefficient (Wildman–Crippen LogP) is 3.53. The largest absolute Gasteiger partial charge is 0.366 e. The molecule has 6 heteroatoms. The van der Waals surface area contributed by atoms with E-state index in [0.717, 1.165) is 22.8 Å². The third kappa shape index (κ3) is 3.64. The lowest BCUT2D eigenvalue weighted by atomic mass is 10.2. The van der Waals surface area contributed by atoms with Crippen LogP contribution in [-0.2, 0) is 0 Å². The fourth-order valence-corrected chi connectivity index (χ4v) is 4.29. The second-order valence-corrected chi connectivity index (χ2v) is 7.75. The summed E-state index contributed by atoms with van der Waals surface area (Å²) in [6.07, 6.45) is 5.53. The van der Waals surface area contributed by atoms with Gasteiger partial charge < -0.3 is 10.3 Å². The number of thioether (sulfide) groups is 1. The molecule has 2 heterocycles. The minimum Gasteiger partial charge on any atom is -0.366 e. The molecule has 0 saturated heterocycles. The van der Waals surface area contributed by atoms with Gasteiger partial charge >= 0.3 is 0 Å². The van der Waals surface area contributed by atoms with E-state index in [1.54, 1.807) is 13.1 Å². The first-order valence-corrected chi connectivity index (χ1v) is 9.55. The SMILES string of the molecule is CCSC1CCCC1Nc1ccc(-c2nc(C)c(C)c(=O)[nH]2)cn1. The van der Waals surface area contributed by atoms with Gasteiger partial charge in [-0.15, -0.1) is 0 Å². The van der Waals surface area contributed by atoms with Gasteiger partial charge in [-0.3, -0.25) is 4.79 Å². The highest BCUT2D eigenvalue weighted by Gasteiger charge is 2.27. The van der Waals surface area contributed by atoms with E-state index in [-0.39, 0.29) is 5.56 Å². The summed E-state index contributed by atoms with van der Waals surface area (Å²) in [7, 11) is 0. The highest BCUT2D eigenvalue weighted by Crippen LogP contribution is 2.31. The van der Waals surface area contributed by atoms with Gasteiger partial charge in [-0.05, 0) is 44.6 Å². The number of aryl methyl sites for hydroxylation is 1. The van der Waals surface area contributed by atoms with Crippen molar-refractivity contribution >= 4 is 17.6 Å².